The summed E-state index contributed by atoms with van der Waals surface area (Å²) in [5, 5.41) is -4.32. The van der Waals surface area contributed by atoms with Crippen LogP contribution in [0.4, 0.5) is 70.2 Å². The first-order valence-electron chi connectivity index (χ1n) is 10.4. The first kappa shape index (κ1) is 30.4. The second kappa shape index (κ2) is 10.8. The molecule has 0 aromatic heterocycles. The molecule has 2 atom stereocenters. The van der Waals surface area contributed by atoms with Gasteiger partial charge in [0.1, 0.15) is 5.83 Å². The Morgan fingerprint density at radius 1 is 0.513 bits per heavy atom. The summed E-state index contributed by atoms with van der Waals surface area (Å²) in [5.41, 5.74) is -5.37. The molecule has 3 rings (SSSR count). The van der Waals surface area contributed by atoms with Gasteiger partial charge in [-0.05, 0) is 12.8 Å². The number of rotatable bonds is 7. The number of hydrogen-bond acceptors (Lipinski definition) is 0. The lowest BCUT2D eigenvalue weighted by Gasteiger charge is -2.42. The van der Waals surface area contributed by atoms with Crippen molar-refractivity contribution in [3.8, 4) is 0 Å². The van der Waals surface area contributed by atoms with Crippen molar-refractivity contribution in [1.29, 1.82) is 0 Å². The van der Waals surface area contributed by atoms with Crippen molar-refractivity contribution in [2.45, 2.75) is 30.7 Å². The molecule has 0 saturated carbocycles. The largest absolute Gasteiger partial charge is 0.251 e. The average molecular weight is 588 g/mol. The third-order valence-electron chi connectivity index (χ3n) is 6.23. The first-order valence-corrected chi connectivity index (χ1v) is 10.4. The fourth-order valence-electron chi connectivity index (χ4n) is 4.43. The lowest BCUT2D eigenvalue weighted by atomic mass is 9.24. The maximum absolute atomic E-state index is 15.5. The van der Waals surface area contributed by atoms with E-state index >= 15 is 8.78 Å². The van der Waals surface area contributed by atoms with Crippen molar-refractivity contribution in [2.75, 3.05) is 6.67 Å². The van der Waals surface area contributed by atoms with Gasteiger partial charge < -0.3 is 0 Å². The molecule has 1 aliphatic rings. The Balaban J connectivity index is 2.67. The number of unbranched alkanes of at least 4 members (excludes halogenated alkanes) is 1. The van der Waals surface area contributed by atoms with E-state index in [1.54, 1.807) is 0 Å². The van der Waals surface area contributed by atoms with Gasteiger partial charge in [-0.15, -0.1) is 0 Å². The van der Waals surface area contributed by atoms with Gasteiger partial charge >= 0.3 is 0 Å². The van der Waals surface area contributed by atoms with Crippen molar-refractivity contribution in [3.63, 3.8) is 0 Å². The SMILES string of the molecule is FCCCCC1(B(c2c(F)c(F)c(F)c(F)c2F)c2c(F)c(F)c(F)c(F)c2F)C(F)=C(F)C(F)=C(F)C1F. The highest BCUT2D eigenvalue weighted by molar-refractivity contribution is 6.88. The van der Waals surface area contributed by atoms with E-state index in [4.69, 9.17) is 0 Å². The zero-order valence-electron chi connectivity index (χ0n) is 18.5. The molecule has 17 heteroatoms. The summed E-state index contributed by atoms with van der Waals surface area (Å²) < 4.78 is 230. The fourth-order valence-corrected chi connectivity index (χ4v) is 4.43. The van der Waals surface area contributed by atoms with Crippen LogP contribution in [0.25, 0.3) is 0 Å². The van der Waals surface area contributed by atoms with Crippen molar-refractivity contribution in [1.82, 2.24) is 0 Å². The molecule has 0 heterocycles. The van der Waals surface area contributed by atoms with Crippen LogP contribution in [0.3, 0.4) is 0 Å². The Morgan fingerprint density at radius 3 is 1.23 bits per heavy atom. The van der Waals surface area contributed by atoms with Crippen LogP contribution in [0.2, 0.25) is 5.31 Å². The van der Waals surface area contributed by atoms with Gasteiger partial charge in [-0.3, -0.25) is 4.39 Å². The van der Waals surface area contributed by atoms with Gasteiger partial charge in [0.05, 0.1) is 12.0 Å². The molecule has 0 fully saturated rings. The summed E-state index contributed by atoms with van der Waals surface area (Å²) in [6.07, 6.45) is -7.78. The van der Waals surface area contributed by atoms with Crippen LogP contribution >= 0.6 is 0 Å². The average Bonchev–Trinajstić information content (AvgIpc) is 2.92. The van der Waals surface area contributed by atoms with Crippen LogP contribution in [0.1, 0.15) is 19.3 Å². The number of benzene rings is 2. The first-order chi connectivity index (χ1) is 18.1. The molecule has 0 radical (unpaired) electrons. The molecule has 2 unspecified atom stereocenters. The standard InChI is InChI=1S/C22H9BF16/c24-4-2-1-3-22(20(38)18(36)17(35)19(37)21(22)39)23(5-7(25)11(29)15(33)12(30)8(5)26)6-9(27)13(31)16(34)14(32)10(6)28/h20H,1-4H2. The summed E-state index contributed by atoms with van der Waals surface area (Å²) in [7, 11) is 0. The van der Waals surface area contributed by atoms with Crippen molar-refractivity contribution < 1.29 is 70.2 Å². The van der Waals surface area contributed by atoms with Crippen LogP contribution in [-0.2, 0) is 0 Å². The van der Waals surface area contributed by atoms with E-state index in [9.17, 15) is 61.5 Å². The Morgan fingerprint density at radius 2 is 0.872 bits per heavy atom. The van der Waals surface area contributed by atoms with E-state index in [0.717, 1.165) is 0 Å². The number of halogens is 16. The Labute approximate surface area is 207 Å². The van der Waals surface area contributed by atoms with E-state index in [0.29, 0.717) is 0 Å². The molecule has 1 aliphatic carbocycles. The molecular formula is C22H9BF16. The quantitative estimate of drug-likeness (QED) is 0.105. The predicted octanol–water partition coefficient (Wildman–Crippen LogP) is 7.22. The van der Waals surface area contributed by atoms with Crippen molar-refractivity contribution >= 4 is 17.6 Å². The van der Waals surface area contributed by atoms with Gasteiger partial charge in [0.15, 0.2) is 81.8 Å². The van der Waals surface area contributed by atoms with E-state index in [-0.39, 0.29) is 0 Å². The van der Waals surface area contributed by atoms with Crippen LogP contribution in [-0.4, -0.2) is 19.6 Å². The zero-order chi connectivity index (χ0) is 29.7. The second-order valence-electron chi connectivity index (χ2n) is 8.24. The van der Waals surface area contributed by atoms with E-state index in [1.165, 1.54) is 0 Å². The van der Waals surface area contributed by atoms with E-state index < -0.39 is 137 Å². The lowest BCUT2D eigenvalue weighted by molar-refractivity contribution is 0.201. The monoisotopic (exact) mass is 588 g/mol. The summed E-state index contributed by atoms with van der Waals surface area (Å²) >= 11 is 0. The molecule has 2 aromatic carbocycles. The molecule has 212 valence electrons. The lowest BCUT2D eigenvalue weighted by Crippen LogP contribution is -2.61. The van der Waals surface area contributed by atoms with Crippen molar-refractivity contribution in [3.05, 3.63) is 81.5 Å². The van der Waals surface area contributed by atoms with Gasteiger partial charge in [0, 0.05) is 10.9 Å². The van der Waals surface area contributed by atoms with Gasteiger partial charge in [0.25, 0.3) is 0 Å². The highest BCUT2D eigenvalue weighted by Crippen LogP contribution is 2.57. The molecule has 0 amide bonds. The topological polar surface area (TPSA) is 0 Å². The maximum atomic E-state index is 15.5. The van der Waals surface area contributed by atoms with Crippen molar-refractivity contribution in [2.24, 2.45) is 0 Å². The fraction of sp³-hybridized carbons (Fsp3) is 0.273. The molecule has 0 saturated heterocycles. The minimum Gasteiger partial charge on any atom is -0.251 e. The summed E-state index contributed by atoms with van der Waals surface area (Å²) in [5.74, 6) is -42.3. The molecular weight excluding hydrogens is 579 g/mol. The third kappa shape index (κ3) is 4.37. The smallest absolute Gasteiger partial charge is 0.242 e. The molecule has 0 aliphatic heterocycles. The highest BCUT2D eigenvalue weighted by Gasteiger charge is 2.62. The van der Waals surface area contributed by atoms with E-state index in [1.807, 2.05) is 0 Å². The molecule has 0 bridgehead atoms. The van der Waals surface area contributed by atoms with E-state index in [2.05, 4.69) is 0 Å². The summed E-state index contributed by atoms with van der Waals surface area (Å²) in [6.45, 7) is -5.38. The van der Waals surface area contributed by atoms with Crippen LogP contribution < -0.4 is 10.9 Å². The molecule has 0 spiro atoms. The summed E-state index contributed by atoms with van der Waals surface area (Å²) in [6, 6.07) is 0. The summed E-state index contributed by atoms with van der Waals surface area (Å²) in [4.78, 5) is 0. The molecule has 39 heavy (non-hydrogen) atoms. The van der Waals surface area contributed by atoms with Gasteiger partial charge in [0.2, 0.25) is 6.71 Å². The normalized spacial score (nSPS) is 19.8. The third-order valence-corrected chi connectivity index (χ3v) is 6.23. The predicted molar refractivity (Wildman–Crippen MR) is 103 cm³/mol. The van der Waals surface area contributed by atoms with Gasteiger partial charge in [-0.25, -0.2) is 65.9 Å². The highest BCUT2D eigenvalue weighted by atomic mass is 19.2. The minimum absolute atomic E-state index is 0.835. The number of allylic oxidation sites excluding steroid dienone is 4. The van der Waals surface area contributed by atoms with Gasteiger partial charge in [-0.2, -0.15) is 0 Å². The number of alkyl halides is 2. The minimum atomic E-state index is -4.32. The maximum Gasteiger partial charge on any atom is 0.242 e. The Hall–Kier alpha value is -3.14. The molecule has 0 N–H and O–H groups in total. The molecule has 0 nitrogen and oxygen atoms in total. The second-order valence-corrected chi connectivity index (χ2v) is 8.24. The molecule has 2 aromatic rings. The van der Waals surface area contributed by atoms with Crippen LogP contribution in [0.5, 0.6) is 0 Å². The Bertz CT molecular complexity index is 1270. The Kier molecular flexibility index (Phi) is 8.42. The van der Waals surface area contributed by atoms with Crippen LogP contribution in [0, 0.1) is 58.2 Å². The number of hydrogen-bond donors (Lipinski definition) is 0. The zero-order valence-corrected chi connectivity index (χ0v) is 18.5. The van der Waals surface area contributed by atoms with Gasteiger partial charge in [-0.1, -0.05) is 6.42 Å². The van der Waals surface area contributed by atoms with Crippen LogP contribution in [0.15, 0.2) is 23.3 Å².